The number of nitrogens with one attached hydrogen (secondary N) is 1. The van der Waals surface area contributed by atoms with Crippen LogP contribution in [-0.4, -0.2) is 17.5 Å². The number of aromatic nitrogens is 1. The molecule has 27 heavy (non-hydrogen) atoms. The number of amides is 1. The Morgan fingerprint density at radius 3 is 2.56 bits per heavy atom. The summed E-state index contributed by atoms with van der Waals surface area (Å²) in [6, 6.07) is 19.0. The van der Waals surface area contributed by atoms with Gasteiger partial charge in [0.05, 0.1) is 17.9 Å². The maximum absolute atomic E-state index is 13.1. The molecule has 1 amide bonds. The van der Waals surface area contributed by atoms with Gasteiger partial charge in [0.2, 0.25) is 0 Å². The molecule has 0 unspecified atom stereocenters. The molecule has 2 heterocycles. The molecule has 0 saturated carbocycles. The Hall–Kier alpha value is -2.86. The van der Waals surface area contributed by atoms with E-state index in [0.29, 0.717) is 12.2 Å². The summed E-state index contributed by atoms with van der Waals surface area (Å²) in [5.74, 6) is 0.706. The highest BCUT2D eigenvalue weighted by molar-refractivity contribution is 9.10. The summed E-state index contributed by atoms with van der Waals surface area (Å²) >= 11 is 3.45. The largest absolute Gasteiger partial charge is 0.494 e. The van der Waals surface area contributed by atoms with Crippen LogP contribution >= 0.6 is 15.9 Å². The van der Waals surface area contributed by atoms with Crippen molar-refractivity contribution in [3.05, 3.63) is 82.6 Å². The molecule has 0 radical (unpaired) electrons. The van der Waals surface area contributed by atoms with Gasteiger partial charge in [-0.05, 0) is 67.6 Å². The normalized spacial score (nSPS) is 15.6. The van der Waals surface area contributed by atoms with Crippen LogP contribution in [0.5, 0.6) is 5.75 Å². The fourth-order valence-corrected chi connectivity index (χ4v) is 3.42. The van der Waals surface area contributed by atoms with Crippen molar-refractivity contribution in [2.45, 2.75) is 13.1 Å². The standard InChI is InChI=1S/C21H18BrN3O2/c1-2-27-17-11-9-16(10-12-17)25-20(24-15-7-5-14(22)6-8-15)19-18(21(25)26)4-3-13-23-19/h3-13,20,24H,2H2,1H3/t20-/m1/s1. The van der Waals surface area contributed by atoms with Gasteiger partial charge in [-0.3, -0.25) is 14.7 Å². The average Bonchev–Trinajstić information content (AvgIpc) is 2.97. The monoisotopic (exact) mass is 423 g/mol. The number of ether oxygens (including phenoxy) is 1. The molecule has 0 bridgehead atoms. The molecule has 1 aliphatic rings. The maximum atomic E-state index is 13.1. The third-order valence-corrected chi connectivity index (χ3v) is 4.91. The number of nitrogens with zero attached hydrogens (tertiary/aromatic N) is 2. The molecule has 0 saturated heterocycles. The molecule has 2 aromatic carbocycles. The van der Waals surface area contributed by atoms with Crippen LogP contribution in [-0.2, 0) is 0 Å². The Kier molecular flexibility index (Phi) is 4.81. The van der Waals surface area contributed by atoms with E-state index in [0.717, 1.165) is 27.3 Å². The van der Waals surface area contributed by atoms with Crippen LogP contribution in [0.4, 0.5) is 11.4 Å². The third-order valence-electron chi connectivity index (χ3n) is 4.38. The molecular weight excluding hydrogens is 406 g/mol. The van der Waals surface area contributed by atoms with Crippen molar-refractivity contribution in [2.75, 3.05) is 16.8 Å². The van der Waals surface area contributed by atoms with Crippen LogP contribution in [0.2, 0.25) is 0 Å². The Morgan fingerprint density at radius 1 is 1.11 bits per heavy atom. The van der Waals surface area contributed by atoms with Crippen molar-refractivity contribution in [3.8, 4) is 5.75 Å². The van der Waals surface area contributed by atoms with Gasteiger partial charge in [0, 0.05) is 22.0 Å². The second kappa shape index (κ2) is 7.40. The van der Waals surface area contributed by atoms with E-state index in [-0.39, 0.29) is 12.1 Å². The summed E-state index contributed by atoms with van der Waals surface area (Å²) in [6.45, 7) is 2.55. The van der Waals surface area contributed by atoms with Gasteiger partial charge in [-0.15, -0.1) is 0 Å². The molecular formula is C21H18BrN3O2. The highest BCUT2D eigenvalue weighted by Gasteiger charge is 2.38. The molecule has 1 aromatic heterocycles. The summed E-state index contributed by atoms with van der Waals surface area (Å²) in [5, 5.41) is 3.43. The lowest BCUT2D eigenvalue weighted by Gasteiger charge is -2.26. The third kappa shape index (κ3) is 3.40. The maximum Gasteiger partial charge on any atom is 0.262 e. The number of fused-ring (bicyclic) bond motifs is 1. The summed E-state index contributed by atoms with van der Waals surface area (Å²) in [6.07, 6.45) is 1.33. The Labute approximate surface area is 166 Å². The fourth-order valence-electron chi connectivity index (χ4n) is 3.16. The number of carbonyl (C=O) groups is 1. The summed E-state index contributed by atoms with van der Waals surface area (Å²) < 4.78 is 6.51. The van der Waals surface area contributed by atoms with Crippen molar-refractivity contribution in [1.82, 2.24) is 4.98 Å². The molecule has 6 heteroatoms. The Bertz CT molecular complexity index is 958. The number of anilines is 2. The molecule has 1 atom stereocenters. The molecule has 0 fully saturated rings. The minimum Gasteiger partial charge on any atom is -0.494 e. The Morgan fingerprint density at radius 2 is 1.85 bits per heavy atom. The van der Waals surface area contributed by atoms with Crippen LogP contribution in [0.3, 0.4) is 0 Å². The first kappa shape index (κ1) is 17.5. The fraction of sp³-hybridized carbons (Fsp3) is 0.143. The smallest absolute Gasteiger partial charge is 0.262 e. The lowest BCUT2D eigenvalue weighted by Crippen LogP contribution is -2.32. The van der Waals surface area contributed by atoms with E-state index < -0.39 is 0 Å². The lowest BCUT2D eigenvalue weighted by atomic mass is 10.2. The van der Waals surface area contributed by atoms with E-state index in [4.69, 9.17) is 4.74 Å². The minimum atomic E-state index is -0.382. The number of carbonyl (C=O) groups excluding carboxylic acids is 1. The van der Waals surface area contributed by atoms with Gasteiger partial charge >= 0.3 is 0 Å². The predicted octanol–water partition coefficient (Wildman–Crippen LogP) is 5.01. The van der Waals surface area contributed by atoms with Gasteiger partial charge in [0.25, 0.3) is 5.91 Å². The van der Waals surface area contributed by atoms with Crippen LogP contribution in [0, 0.1) is 0 Å². The number of benzene rings is 2. The van der Waals surface area contributed by atoms with Crippen molar-refractivity contribution in [1.29, 1.82) is 0 Å². The van der Waals surface area contributed by atoms with Gasteiger partial charge in [0.15, 0.2) is 6.17 Å². The first-order chi connectivity index (χ1) is 13.2. The highest BCUT2D eigenvalue weighted by atomic mass is 79.9. The van der Waals surface area contributed by atoms with E-state index in [1.807, 2.05) is 61.5 Å². The molecule has 1 N–H and O–H groups in total. The zero-order valence-electron chi connectivity index (χ0n) is 14.7. The van der Waals surface area contributed by atoms with Crippen molar-refractivity contribution >= 4 is 33.2 Å². The van der Waals surface area contributed by atoms with Crippen molar-refractivity contribution in [2.24, 2.45) is 0 Å². The molecule has 0 spiro atoms. The second-order valence-electron chi connectivity index (χ2n) is 6.09. The van der Waals surface area contributed by atoms with Gasteiger partial charge in [-0.1, -0.05) is 15.9 Å². The predicted molar refractivity (Wildman–Crippen MR) is 109 cm³/mol. The van der Waals surface area contributed by atoms with Gasteiger partial charge < -0.3 is 10.1 Å². The number of hydrogen-bond acceptors (Lipinski definition) is 4. The van der Waals surface area contributed by atoms with Crippen molar-refractivity contribution in [3.63, 3.8) is 0 Å². The van der Waals surface area contributed by atoms with E-state index in [9.17, 15) is 4.79 Å². The molecule has 4 rings (SSSR count). The number of pyridine rings is 1. The van der Waals surface area contributed by atoms with Crippen LogP contribution in [0.1, 0.15) is 29.1 Å². The topological polar surface area (TPSA) is 54.5 Å². The highest BCUT2D eigenvalue weighted by Crippen LogP contribution is 2.37. The quantitative estimate of drug-likeness (QED) is 0.626. The van der Waals surface area contributed by atoms with E-state index in [1.165, 1.54) is 0 Å². The zero-order chi connectivity index (χ0) is 18.8. The lowest BCUT2D eigenvalue weighted by molar-refractivity contribution is 0.0993. The summed E-state index contributed by atoms with van der Waals surface area (Å²) in [4.78, 5) is 19.3. The van der Waals surface area contributed by atoms with E-state index in [2.05, 4.69) is 26.2 Å². The zero-order valence-corrected chi connectivity index (χ0v) is 16.3. The van der Waals surface area contributed by atoms with Crippen molar-refractivity contribution < 1.29 is 9.53 Å². The molecule has 5 nitrogen and oxygen atoms in total. The van der Waals surface area contributed by atoms with E-state index >= 15 is 0 Å². The van der Waals surface area contributed by atoms with Crippen LogP contribution in [0.15, 0.2) is 71.3 Å². The Balaban J connectivity index is 1.71. The van der Waals surface area contributed by atoms with Crippen LogP contribution < -0.4 is 15.0 Å². The minimum absolute atomic E-state index is 0.0723. The van der Waals surface area contributed by atoms with Gasteiger partial charge in [-0.25, -0.2) is 0 Å². The second-order valence-corrected chi connectivity index (χ2v) is 7.01. The molecule has 0 aliphatic carbocycles. The summed E-state index contributed by atoms with van der Waals surface area (Å²) in [5.41, 5.74) is 3.03. The average molecular weight is 424 g/mol. The number of rotatable bonds is 5. The first-order valence-electron chi connectivity index (χ1n) is 8.71. The molecule has 136 valence electrons. The summed E-state index contributed by atoms with van der Waals surface area (Å²) in [7, 11) is 0. The first-order valence-corrected chi connectivity index (χ1v) is 9.50. The van der Waals surface area contributed by atoms with Gasteiger partial charge in [-0.2, -0.15) is 0 Å². The SMILES string of the molecule is CCOc1ccc(N2C(=O)c3cccnc3[C@@H]2Nc2ccc(Br)cc2)cc1. The molecule has 3 aromatic rings. The molecule has 1 aliphatic heterocycles. The number of hydrogen-bond donors (Lipinski definition) is 1. The van der Waals surface area contributed by atoms with E-state index in [1.54, 1.807) is 17.2 Å². The van der Waals surface area contributed by atoms with Gasteiger partial charge in [0.1, 0.15) is 5.75 Å². The van der Waals surface area contributed by atoms with Crippen LogP contribution in [0.25, 0.3) is 0 Å². The number of halogens is 1.